The summed E-state index contributed by atoms with van der Waals surface area (Å²) in [5.74, 6) is 1.25. The molecule has 0 unspecified atom stereocenters. The Hall–Kier alpha value is -2.96. The van der Waals surface area contributed by atoms with Crippen LogP contribution in [-0.2, 0) is 4.79 Å². The van der Waals surface area contributed by atoms with Gasteiger partial charge in [-0.15, -0.1) is 0 Å². The van der Waals surface area contributed by atoms with Gasteiger partial charge in [-0.2, -0.15) is 0 Å². The number of rotatable bonds is 6. The fourth-order valence-electron chi connectivity index (χ4n) is 3.43. The first-order valence-electron chi connectivity index (χ1n) is 9.26. The van der Waals surface area contributed by atoms with Gasteiger partial charge in [0.2, 0.25) is 5.91 Å². The molecular formula is C20H23N5O2. The summed E-state index contributed by atoms with van der Waals surface area (Å²) < 4.78 is 0. The average Bonchev–Trinajstić information content (AvgIpc) is 3.44. The number of pyridine rings is 1. The minimum atomic E-state index is -0.112. The Balaban J connectivity index is 1.63. The van der Waals surface area contributed by atoms with Gasteiger partial charge in [0.1, 0.15) is 11.5 Å². The first-order valence-corrected chi connectivity index (χ1v) is 9.26. The number of H-pyrrole nitrogens is 1. The van der Waals surface area contributed by atoms with E-state index >= 15 is 0 Å². The predicted octanol–water partition coefficient (Wildman–Crippen LogP) is 1.75. The van der Waals surface area contributed by atoms with Crippen LogP contribution in [0.25, 0.3) is 11.3 Å². The summed E-state index contributed by atoms with van der Waals surface area (Å²) in [6.45, 7) is 7.47. The van der Waals surface area contributed by atoms with E-state index in [4.69, 9.17) is 0 Å². The van der Waals surface area contributed by atoms with Crippen molar-refractivity contribution in [2.75, 3.05) is 24.5 Å². The number of amides is 1. The van der Waals surface area contributed by atoms with E-state index in [0.717, 1.165) is 17.8 Å². The molecule has 0 spiro atoms. The van der Waals surface area contributed by atoms with Crippen molar-refractivity contribution >= 4 is 11.6 Å². The molecule has 1 saturated heterocycles. The summed E-state index contributed by atoms with van der Waals surface area (Å²) in [5.41, 5.74) is 2.17. The number of hydrogen-bond acceptors (Lipinski definition) is 5. The predicted molar refractivity (Wildman–Crippen MR) is 103 cm³/mol. The van der Waals surface area contributed by atoms with Crippen molar-refractivity contribution in [3.63, 3.8) is 0 Å². The minimum Gasteiger partial charge on any atom is -0.360 e. The number of hydrogen-bond donors (Lipinski definition) is 1. The van der Waals surface area contributed by atoms with E-state index in [1.807, 2.05) is 19.1 Å². The van der Waals surface area contributed by atoms with Gasteiger partial charge in [-0.3, -0.25) is 9.59 Å². The van der Waals surface area contributed by atoms with Crippen LogP contribution in [0.1, 0.15) is 18.7 Å². The number of nitrogens with one attached hydrogen (secondary N) is 1. The normalized spacial score (nSPS) is 16.7. The number of aromatic amines is 1. The summed E-state index contributed by atoms with van der Waals surface area (Å²) >= 11 is 0. The molecule has 1 N–H and O–H groups in total. The van der Waals surface area contributed by atoms with E-state index in [1.165, 1.54) is 18.9 Å². The summed E-state index contributed by atoms with van der Waals surface area (Å²) in [4.78, 5) is 39.7. The Kier molecular flexibility index (Phi) is 4.51. The van der Waals surface area contributed by atoms with E-state index in [-0.39, 0.29) is 17.5 Å². The van der Waals surface area contributed by atoms with Gasteiger partial charge in [0.15, 0.2) is 0 Å². The summed E-state index contributed by atoms with van der Waals surface area (Å²) in [6, 6.07) is 3.89. The van der Waals surface area contributed by atoms with Gasteiger partial charge in [-0.25, -0.2) is 9.97 Å². The molecule has 1 aliphatic heterocycles. The second-order valence-electron chi connectivity index (χ2n) is 7.29. The number of likely N-dealkylation sites (tertiary alicyclic amines) is 1. The van der Waals surface area contributed by atoms with Gasteiger partial charge >= 0.3 is 0 Å². The molecule has 27 heavy (non-hydrogen) atoms. The lowest BCUT2D eigenvalue weighted by atomic mass is 10.0. The molecule has 2 fully saturated rings. The molecule has 2 aromatic heterocycles. The molecule has 1 amide bonds. The van der Waals surface area contributed by atoms with E-state index in [0.29, 0.717) is 30.5 Å². The Bertz CT molecular complexity index is 928. The summed E-state index contributed by atoms with van der Waals surface area (Å²) in [5, 5.41) is 0. The van der Waals surface area contributed by atoms with Crippen LogP contribution >= 0.6 is 0 Å². The van der Waals surface area contributed by atoms with Gasteiger partial charge in [-0.05, 0) is 43.9 Å². The fraction of sp³-hybridized carbons (Fsp3) is 0.400. The van der Waals surface area contributed by atoms with Crippen LogP contribution in [0.3, 0.4) is 0 Å². The highest BCUT2D eigenvalue weighted by atomic mass is 16.2. The SMILES string of the molecule is C=CC(=O)N1CC(N(CC2CC2)c2cc(-c3ccnc(C)n3)c[nH]c2=O)C1. The highest BCUT2D eigenvalue weighted by molar-refractivity contribution is 5.87. The van der Waals surface area contributed by atoms with E-state index in [2.05, 4.69) is 26.4 Å². The van der Waals surface area contributed by atoms with Gasteiger partial charge in [0.25, 0.3) is 5.56 Å². The quantitative estimate of drug-likeness (QED) is 0.789. The smallest absolute Gasteiger partial charge is 0.271 e. The molecule has 0 aromatic carbocycles. The Morgan fingerprint density at radius 2 is 2.22 bits per heavy atom. The van der Waals surface area contributed by atoms with Crippen molar-refractivity contribution in [2.24, 2.45) is 5.92 Å². The van der Waals surface area contributed by atoms with Gasteiger partial charge in [0, 0.05) is 37.6 Å². The number of aryl methyl sites for hydroxylation is 1. The lowest BCUT2D eigenvalue weighted by molar-refractivity contribution is -0.130. The zero-order valence-corrected chi connectivity index (χ0v) is 15.4. The second-order valence-corrected chi connectivity index (χ2v) is 7.29. The number of carbonyl (C=O) groups is 1. The molecule has 1 saturated carbocycles. The standard InChI is InChI=1S/C20H23N5O2/c1-3-19(26)24-11-16(12-24)25(10-14-4-5-14)18-8-15(9-22-20(18)27)17-6-7-21-13(2)23-17/h3,6-9,14,16H,1,4-5,10-12H2,2H3,(H,22,27). The second kappa shape index (κ2) is 6.98. The Labute approximate surface area is 157 Å². The number of carbonyl (C=O) groups excluding carboxylic acids is 1. The van der Waals surface area contributed by atoms with E-state index < -0.39 is 0 Å². The fourth-order valence-corrected chi connectivity index (χ4v) is 3.43. The molecule has 7 nitrogen and oxygen atoms in total. The van der Waals surface area contributed by atoms with Crippen molar-refractivity contribution in [3.05, 3.63) is 53.4 Å². The van der Waals surface area contributed by atoms with Gasteiger partial charge in [-0.1, -0.05) is 6.58 Å². The average molecular weight is 365 g/mol. The molecule has 140 valence electrons. The zero-order chi connectivity index (χ0) is 19.0. The Morgan fingerprint density at radius 1 is 1.44 bits per heavy atom. The van der Waals surface area contributed by atoms with Crippen LogP contribution in [0.5, 0.6) is 0 Å². The molecule has 7 heteroatoms. The van der Waals surface area contributed by atoms with Crippen molar-refractivity contribution in [2.45, 2.75) is 25.8 Å². The van der Waals surface area contributed by atoms with E-state index in [9.17, 15) is 9.59 Å². The third-order valence-electron chi connectivity index (χ3n) is 5.21. The largest absolute Gasteiger partial charge is 0.360 e. The lowest BCUT2D eigenvalue weighted by Gasteiger charge is -2.46. The van der Waals surface area contributed by atoms with Crippen LogP contribution < -0.4 is 10.5 Å². The van der Waals surface area contributed by atoms with Crippen molar-refractivity contribution in [1.82, 2.24) is 19.9 Å². The summed E-state index contributed by atoms with van der Waals surface area (Å²) in [7, 11) is 0. The topological polar surface area (TPSA) is 82.2 Å². The molecule has 4 rings (SSSR count). The Morgan fingerprint density at radius 3 is 2.89 bits per heavy atom. The lowest BCUT2D eigenvalue weighted by Crippen LogP contribution is -2.62. The van der Waals surface area contributed by atoms with Crippen molar-refractivity contribution in [3.8, 4) is 11.3 Å². The van der Waals surface area contributed by atoms with Crippen LogP contribution in [0.2, 0.25) is 0 Å². The molecule has 0 atom stereocenters. The van der Waals surface area contributed by atoms with Gasteiger partial charge in [0.05, 0.1) is 11.7 Å². The van der Waals surface area contributed by atoms with Crippen LogP contribution in [0.4, 0.5) is 5.69 Å². The summed E-state index contributed by atoms with van der Waals surface area (Å²) in [6.07, 6.45) is 7.14. The molecule has 2 aliphatic rings. The minimum absolute atomic E-state index is 0.0586. The maximum absolute atomic E-state index is 12.6. The van der Waals surface area contributed by atoms with E-state index in [1.54, 1.807) is 17.3 Å². The highest BCUT2D eigenvalue weighted by Gasteiger charge is 2.37. The molecule has 0 radical (unpaired) electrons. The molecule has 1 aliphatic carbocycles. The van der Waals surface area contributed by atoms with Gasteiger partial charge < -0.3 is 14.8 Å². The number of aromatic nitrogens is 3. The van der Waals surface area contributed by atoms with Crippen LogP contribution in [0.15, 0.2) is 42.0 Å². The molecular weight excluding hydrogens is 342 g/mol. The third kappa shape index (κ3) is 3.63. The third-order valence-corrected chi connectivity index (χ3v) is 5.21. The van der Waals surface area contributed by atoms with Crippen LogP contribution in [-0.4, -0.2) is 51.4 Å². The number of nitrogens with zero attached hydrogens (tertiary/aromatic N) is 4. The maximum atomic E-state index is 12.6. The molecule has 3 heterocycles. The zero-order valence-electron chi connectivity index (χ0n) is 15.4. The monoisotopic (exact) mass is 365 g/mol. The first-order chi connectivity index (χ1) is 13.0. The molecule has 2 aromatic rings. The molecule has 0 bridgehead atoms. The first kappa shape index (κ1) is 17.5. The van der Waals surface area contributed by atoms with Crippen molar-refractivity contribution < 1.29 is 4.79 Å². The number of anilines is 1. The maximum Gasteiger partial charge on any atom is 0.271 e. The van der Waals surface area contributed by atoms with Crippen molar-refractivity contribution in [1.29, 1.82) is 0 Å². The highest BCUT2D eigenvalue weighted by Crippen LogP contribution is 2.33. The van der Waals surface area contributed by atoms with Crippen LogP contribution in [0, 0.1) is 12.8 Å².